The van der Waals surface area contributed by atoms with E-state index >= 15 is 0 Å². The summed E-state index contributed by atoms with van der Waals surface area (Å²) in [6.45, 7) is 6.03. The normalized spacial score (nSPS) is 18.6. The van der Waals surface area contributed by atoms with Crippen molar-refractivity contribution in [3.63, 3.8) is 0 Å². The monoisotopic (exact) mass is 220 g/mol. The van der Waals surface area contributed by atoms with Crippen LogP contribution in [-0.4, -0.2) is 4.98 Å². The third-order valence-corrected chi connectivity index (χ3v) is 3.11. The van der Waals surface area contributed by atoms with Gasteiger partial charge in [0.1, 0.15) is 11.5 Å². The van der Waals surface area contributed by atoms with Gasteiger partial charge in [0, 0.05) is 11.1 Å². The van der Waals surface area contributed by atoms with Crippen LogP contribution in [0.3, 0.4) is 0 Å². The molecule has 0 atom stereocenters. The second-order valence-electron chi connectivity index (χ2n) is 5.14. The van der Waals surface area contributed by atoms with Crippen molar-refractivity contribution in [2.24, 2.45) is 5.73 Å². The van der Waals surface area contributed by atoms with Crippen molar-refractivity contribution in [2.75, 3.05) is 0 Å². The molecule has 2 N–H and O–H groups in total. The highest BCUT2D eigenvalue weighted by Gasteiger charge is 2.32. The highest BCUT2D eigenvalue weighted by molar-refractivity contribution is 5.50. The summed E-state index contributed by atoms with van der Waals surface area (Å²) >= 11 is 0. The summed E-state index contributed by atoms with van der Waals surface area (Å²) in [6, 6.07) is 1.60. The van der Waals surface area contributed by atoms with E-state index in [1.165, 1.54) is 0 Å². The van der Waals surface area contributed by atoms with Crippen LogP contribution in [0.2, 0.25) is 0 Å². The fraction of sp³-hybridized carbons (Fsp3) is 0.462. The number of hydrogen-bond donors (Lipinski definition) is 1. The minimum Gasteiger partial charge on any atom is -0.402 e. The number of aromatic nitrogens is 1. The third-order valence-electron chi connectivity index (χ3n) is 3.11. The minimum absolute atomic E-state index is 0.0497. The number of halogens is 1. The van der Waals surface area contributed by atoms with Crippen LogP contribution in [-0.2, 0) is 11.8 Å². The maximum atomic E-state index is 13.7. The zero-order valence-corrected chi connectivity index (χ0v) is 9.97. The van der Waals surface area contributed by atoms with E-state index in [0.29, 0.717) is 11.4 Å². The molecule has 0 spiro atoms. The van der Waals surface area contributed by atoms with Crippen LogP contribution < -0.4 is 5.73 Å². The molecule has 86 valence electrons. The largest absolute Gasteiger partial charge is 0.402 e. The molecule has 0 saturated carbocycles. The molecule has 0 unspecified atom stereocenters. The van der Waals surface area contributed by atoms with Gasteiger partial charge in [-0.1, -0.05) is 13.8 Å². The Labute approximate surface area is 95.4 Å². The quantitative estimate of drug-likeness (QED) is 0.790. The van der Waals surface area contributed by atoms with Crippen molar-refractivity contribution in [1.82, 2.24) is 4.98 Å². The van der Waals surface area contributed by atoms with Crippen LogP contribution >= 0.6 is 0 Å². The second kappa shape index (κ2) is 3.58. The van der Waals surface area contributed by atoms with Crippen molar-refractivity contribution >= 4 is 6.08 Å². The topological polar surface area (TPSA) is 38.9 Å². The lowest BCUT2D eigenvalue weighted by molar-refractivity contribution is 0.507. The first-order chi connectivity index (χ1) is 7.40. The molecule has 0 radical (unpaired) electrons. The summed E-state index contributed by atoms with van der Waals surface area (Å²) in [4.78, 5) is 4.41. The van der Waals surface area contributed by atoms with Crippen LogP contribution in [0.5, 0.6) is 0 Å². The van der Waals surface area contributed by atoms with Crippen LogP contribution in [0, 0.1) is 5.82 Å². The zero-order chi connectivity index (χ0) is 11.9. The number of nitrogens with two attached hydrogens (primary N) is 1. The first-order valence-electron chi connectivity index (χ1n) is 5.54. The Morgan fingerprint density at radius 3 is 2.88 bits per heavy atom. The standard InChI is InChI=1S/C13H17FN2/c1-8(15)6-11-10(14)7-9-4-5-13(2,3)12(9)16-11/h6-7H,4-5,15H2,1-3H3/b8-6-. The molecule has 2 rings (SSSR count). The van der Waals surface area contributed by atoms with E-state index in [4.69, 9.17) is 5.73 Å². The summed E-state index contributed by atoms with van der Waals surface area (Å²) in [7, 11) is 0. The molecule has 0 bridgehead atoms. The van der Waals surface area contributed by atoms with E-state index < -0.39 is 0 Å². The van der Waals surface area contributed by atoms with Gasteiger partial charge in [-0.2, -0.15) is 0 Å². The molecule has 0 saturated heterocycles. The van der Waals surface area contributed by atoms with E-state index in [9.17, 15) is 4.39 Å². The van der Waals surface area contributed by atoms with Crippen molar-refractivity contribution in [3.05, 3.63) is 34.5 Å². The number of fused-ring (bicyclic) bond motifs is 1. The third kappa shape index (κ3) is 1.82. The maximum absolute atomic E-state index is 13.7. The number of hydrogen-bond acceptors (Lipinski definition) is 2. The number of pyridine rings is 1. The lowest BCUT2D eigenvalue weighted by Gasteiger charge is -2.17. The van der Waals surface area contributed by atoms with Gasteiger partial charge >= 0.3 is 0 Å². The van der Waals surface area contributed by atoms with E-state index in [1.807, 2.05) is 0 Å². The van der Waals surface area contributed by atoms with E-state index in [0.717, 1.165) is 24.1 Å². The Balaban J connectivity index is 2.56. The van der Waals surface area contributed by atoms with Crippen LogP contribution in [0.25, 0.3) is 6.08 Å². The van der Waals surface area contributed by atoms with Gasteiger partial charge in [-0.25, -0.2) is 9.37 Å². The SMILES string of the molecule is C/C(N)=C/c1nc2c(cc1F)CCC2(C)C. The van der Waals surface area contributed by atoms with E-state index in [1.54, 1.807) is 19.1 Å². The summed E-state index contributed by atoms with van der Waals surface area (Å²) in [5.41, 5.74) is 8.59. The predicted octanol–water partition coefficient (Wildman–Crippen LogP) is 2.76. The van der Waals surface area contributed by atoms with Gasteiger partial charge in [0.15, 0.2) is 0 Å². The molecule has 0 aromatic carbocycles. The Kier molecular flexibility index (Phi) is 2.49. The molecule has 1 aliphatic carbocycles. The van der Waals surface area contributed by atoms with Crippen molar-refractivity contribution < 1.29 is 4.39 Å². The summed E-state index contributed by atoms with van der Waals surface area (Å²) in [6.07, 6.45) is 3.53. The number of allylic oxidation sites excluding steroid dienone is 1. The lowest BCUT2D eigenvalue weighted by atomic mass is 9.90. The molecule has 2 nitrogen and oxygen atoms in total. The van der Waals surface area contributed by atoms with Crippen LogP contribution in [0.15, 0.2) is 11.8 Å². The van der Waals surface area contributed by atoms with Gasteiger partial charge in [-0.05, 0) is 37.5 Å². The van der Waals surface area contributed by atoms with Crippen molar-refractivity contribution in [2.45, 2.75) is 39.0 Å². The summed E-state index contributed by atoms with van der Waals surface area (Å²) in [5, 5.41) is 0. The van der Waals surface area contributed by atoms with E-state index in [-0.39, 0.29) is 11.2 Å². The molecular formula is C13H17FN2. The van der Waals surface area contributed by atoms with Gasteiger partial charge in [0.2, 0.25) is 0 Å². The molecule has 1 aromatic heterocycles. The Morgan fingerprint density at radius 1 is 1.56 bits per heavy atom. The van der Waals surface area contributed by atoms with Gasteiger partial charge in [-0.3, -0.25) is 0 Å². The summed E-state index contributed by atoms with van der Waals surface area (Å²) in [5.74, 6) is -0.277. The van der Waals surface area contributed by atoms with Crippen LogP contribution in [0.1, 0.15) is 44.1 Å². The highest BCUT2D eigenvalue weighted by atomic mass is 19.1. The molecule has 0 amide bonds. The molecule has 1 aromatic rings. The van der Waals surface area contributed by atoms with Crippen LogP contribution in [0.4, 0.5) is 4.39 Å². The van der Waals surface area contributed by atoms with Gasteiger partial charge in [0.25, 0.3) is 0 Å². The first kappa shape index (κ1) is 11.1. The van der Waals surface area contributed by atoms with Gasteiger partial charge in [0.05, 0.1) is 5.69 Å². The fourth-order valence-corrected chi connectivity index (χ4v) is 2.20. The number of rotatable bonds is 1. The fourth-order valence-electron chi connectivity index (χ4n) is 2.20. The average Bonchev–Trinajstić information content (AvgIpc) is 2.43. The number of nitrogens with zero attached hydrogens (tertiary/aromatic N) is 1. The molecule has 0 aliphatic heterocycles. The summed E-state index contributed by atoms with van der Waals surface area (Å²) < 4.78 is 13.7. The highest BCUT2D eigenvalue weighted by Crippen LogP contribution is 2.37. The molecular weight excluding hydrogens is 203 g/mol. The molecule has 0 fully saturated rings. The first-order valence-corrected chi connectivity index (χ1v) is 5.54. The Hall–Kier alpha value is -1.38. The Morgan fingerprint density at radius 2 is 2.25 bits per heavy atom. The van der Waals surface area contributed by atoms with Crippen molar-refractivity contribution in [1.29, 1.82) is 0 Å². The zero-order valence-electron chi connectivity index (χ0n) is 9.97. The predicted molar refractivity (Wildman–Crippen MR) is 63.4 cm³/mol. The van der Waals surface area contributed by atoms with Crippen molar-refractivity contribution in [3.8, 4) is 0 Å². The van der Waals surface area contributed by atoms with Gasteiger partial charge in [-0.15, -0.1) is 0 Å². The smallest absolute Gasteiger partial charge is 0.149 e. The average molecular weight is 220 g/mol. The molecule has 16 heavy (non-hydrogen) atoms. The lowest BCUT2D eigenvalue weighted by Crippen LogP contribution is -2.15. The molecule has 3 heteroatoms. The number of aryl methyl sites for hydroxylation is 1. The van der Waals surface area contributed by atoms with E-state index in [2.05, 4.69) is 18.8 Å². The molecule has 1 aliphatic rings. The molecule has 1 heterocycles. The second-order valence-corrected chi connectivity index (χ2v) is 5.14. The maximum Gasteiger partial charge on any atom is 0.149 e. The van der Waals surface area contributed by atoms with Gasteiger partial charge < -0.3 is 5.73 Å². The minimum atomic E-state index is -0.277. The Bertz CT molecular complexity index is 457.